The molecule has 1 aromatic heterocycles. The van der Waals surface area contributed by atoms with Crippen molar-refractivity contribution in [3.63, 3.8) is 0 Å². The molecule has 1 unspecified atom stereocenters. The van der Waals surface area contributed by atoms with Gasteiger partial charge in [0.05, 0.1) is 11.9 Å². The van der Waals surface area contributed by atoms with Crippen LogP contribution in [0, 0.1) is 0 Å². The largest absolute Gasteiger partial charge is 0.376 e. The molecule has 2 aromatic rings. The van der Waals surface area contributed by atoms with Gasteiger partial charge >= 0.3 is 0 Å². The average Bonchev–Trinajstić information content (AvgIpc) is 2.88. The summed E-state index contributed by atoms with van der Waals surface area (Å²) in [5.74, 6) is 0. The van der Waals surface area contributed by atoms with Crippen LogP contribution >= 0.6 is 0 Å². The minimum absolute atomic E-state index is 0.287. The summed E-state index contributed by atoms with van der Waals surface area (Å²) in [7, 11) is 0. The zero-order valence-electron chi connectivity index (χ0n) is 12.9. The second kappa shape index (κ2) is 6.60. The lowest BCUT2D eigenvalue weighted by Crippen LogP contribution is -2.06. The Bertz CT molecular complexity index is 525. The standard InChI is InChI=1S/C17H25N3/c1-5-6-15-7-9-16(10-8-15)14(4)19-17-11-18-20(12-17)13(2)3/h7-14,19H,5-6H2,1-4H3. The fourth-order valence-electron chi connectivity index (χ4n) is 2.29. The molecule has 1 N–H and O–H groups in total. The maximum Gasteiger partial charge on any atom is 0.0731 e. The zero-order valence-corrected chi connectivity index (χ0v) is 12.9. The summed E-state index contributed by atoms with van der Waals surface area (Å²) in [5.41, 5.74) is 3.79. The Hall–Kier alpha value is -1.77. The number of aromatic nitrogens is 2. The van der Waals surface area contributed by atoms with Crippen molar-refractivity contribution in [2.45, 2.75) is 52.6 Å². The van der Waals surface area contributed by atoms with Crippen molar-refractivity contribution in [3.05, 3.63) is 47.8 Å². The van der Waals surface area contributed by atoms with Crippen LogP contribution in [0.3, 0.4) is 0 Å². The topological polar surface area (TPSA) is 29.9 Å². The third-order valence-electron chi connectivity index (χ3n) is 3.53. The Morgan fingerprint density at radius 3 is 2.40 bits per heavy atom. The third-order valence-corrected chi connectivity index (χ3v) is 3.53. The van der Waals surface area contributed by atoms with Crippen LogP contribution in [0.1, 0.15) is 57.3 Å². The van der Waals surface area contributed by atoms with Crippen LogP contribution < -0.4 is 5.32 Å². The monoisotopic (exact) mass is 271 g/mol. The fourth-order valence-corrected chi connectivity index (χ4v) is 2.29. The Morgan fingerprint density at radius 1 is 1.15 bits per heavy atom. The first-order valence-electron chi connectivity index (χ1n) is 7.49. The highest BCUT2D eigenvalue weighted by molar-refractivity contribution is 5.41. The van der Waals surface area contributed by atoms with Crippen LogP contribution in [-0.4, -0.2) is 9.78 Å². The fraction of sp³-hybridized carbons (Fsp3) is 0.471. The van der Waals surface area contributed by atoms with Crippen LogP contribution in [0.2, 0.25) is 0 Å². The summed E-state index contributed by atoms with van der Waals surface area (Å²) in [6.45, 7) is 8.66. The van der Waals surface area contributed by atoms with Crippen molar-refractivity contribution < 1.29 is 0 Å². The molecule has 0 amide bonds. The van der Waals surface area contributed by atoms with Crippen LogP contribution in [0.5, 0.6) is 0 Å². The summed E-state index contributed by atoms with van der Waals surface area (Å²) in [4.78, 5) is 0. The van der Waals surface area contributed by atoms with E-state index in [9.17, 15) is 0 Å². The summed E-state index contributed by atoms with van der Waals surface area (Å²) >= 11 is 0. The first kappa shape index (κ1) is 14.6. The molecule has 0 spiro atoms. The summed E-state index contributed by atoms with van der Waals surface area (Å²) in [6.07, 6.45) is 6.30. The molecule has 0 radical (unpaired) electrons. The smallest absolute Gasteiger partial charge is 0.0731 e. The van der Waals surface area contributed by atoms with E-state index < -0.39 is 0 Å². The highest BCUT2D eigenvalue weighted by Crippen LogP contribution is 2.20. The van der Waals surface area contributed by atoms with E-state index in [-0.39, 0.29) is 6.04 Å². The minimum atomic E-state index is 0.287. The highest BCUT2D eigenvalue weighted by Gasteiger charge is 2.07. The van der Waals surface area contributed by atoms with E-state index in [0.29, 0.717) is 6.04 Å². The van der Waals surface area contributed by atoms with E-state index in [0.717, 1.165) is 12.1 Å². The van der Waals surface area contributed by atoms with Crippen LogP contribution in [0.4, 0.5) is 5.69 Å². The van der Waals surface area contributed by atoms with Crippen molar-refractivity contribution >= 4 is 5.69 Å². The SMILES string of the molecule is CCCc1ccc(C(C)Nc2cnn(C(C)C)c2)cc1. The predicted molar refractivity (Wildman–Crippen MR) is 85.1 cm³/mol. The quantitative estimate of drug-likeness (QED) is 0.832. The van der Waals surface area contributed by atoms with Gasteiger partial charge in [0.2, 0.25) is 0 Å². The Labute approximate surface area is 122 Å². The number of aryl methyl sites for hydroxylation is 1. The number of rotatable bonds is 6. The molecule has 0 aliphatic carbocycles. The van der Waals surface area contributed by atoms with E-state index in [1.165, 1.54) is 17.5 Å². The second-order valence-electron chi connectivity index (χ2n) is 5.66. The van der Waals surface area contributed by atoms with Crippen molar-refractivity contribution in [3.8, 4) is 0 Å². The van der Waals surface area contributed by atoms with Gasteiger partial charge in [0.1, 0.15) is 0 Å². The van der Waals surface area contributed by atoms with Crippen LogP contribution in [0.25, 0.3) is 0 Å². The van der Waals surface area contributed by atoms with Gasteiger partial charge in [-0.25, -0.2) is 0 Å². The molecular formula is C17H25N3. The lowest BCUT2D eigenvalue weighted by Gasteiger charge is -2.14. The molecule has 0 aliphatic rings. The first-order chi connectivity index (χ1) is 9.60. The van der Waals surface area contributed by atoms with Gasteiger partial charge in [-0.05, 0) is 38.3 Å². The molecule has 1 aromatic carbocycles. The van der Waals surface area contributed by atoms with Gasteiger partial charge in [-0.2, -0.15) is 5.10 Å². The maximum atomic E-state index is 4.36. The molecular weight excluding hydrogens is 246 g/mol. The second-order valence-corrected chi connectivity index (χ2v) is 5.66. The molecule has 0 fully saturated rings. The van der Waals surface area contributed by atoms with Gasteiger partial charge in [0.15, 0.2) is 0 Å². The van der Waals surface area contributed by atoms with Gasteiger partial charge in [-0.15, -0.1) is 0 Å². The number of hydrogen-bond acceptors (Lipinski definition) is 2. The Balaban J connectivity index is 2.01. The van der Waals surface area contributed by atoms with Crippen LogP contribution in [0.15, 0.2) is 36.7 Å². The maximum absolute atomic E-state index is 4.36. The van der Waals surface area contributed by atoms with E-state index in [2.05, 4.69) is 68.6 Å². The number of benzene rings is 1. The van der Waals surface area contributed by atoms with E-state index in [1.807, 2.05) is 10.9 Å². The molecule has 2 rings (SSSR count). The highest BCUT2D eigenvalue weighted by atomic mass is 15.3. The molecule has 3 heteroatoms. The van der Waals surface area contributed by atoms with E-state index >= 15 is 0 Å². The number of anilines is 1. The minimum Gasteiger partial charge on any atom is -0.376 e. The number of nitrogens with one attached hydrogen (secondary N) is 1. The summed E-state index contributed by atoms with van der Waals surface area (Å²) < 4.78 is 1.97. The molecule has 108 valence electrons. The number of hydrogen-bond donors (Lipinski definition) is 1. The first-order valence-corrected chi connectivity index (χ1v) is 7.49. The van der Waals surface area contributed by atoms with Gasteiger partial charge in [0, 0.05) is 18.3 Å². The van der Waals surface area contributed by atoms with Crippen molar-refractivity contribution in [1.82, 2.24) is 9.78 Å². The molecule has 0 aliphatic heterocycles. The van der Waals surface area contributed by atoms with Gasteiger partial charge in [0.25, 0.3) is 0 Å². The van der Waals surface area contributed by atoms with E-state index in [4.69, 9.17) is 0 Å². The average molecular weight is 271 g/mol. The molecule has 3 nitrogen and oxygen atoms in total. The van der Waals surface area contributed by atoms with Crippen molar-refractivity contribution in [2.75, 3.05) is 5.32 Å². The molecule has 0 bridgehead atoms. The lowest BCUT2D eigenvalue weighted by molar-refractivity contribution is 0.532. The lowest BCUT2D eigenvalue weighted by atomic mass is 10.0. The molecule has 0 saturated carbocycles. The van der Waals surface area contributed by atoms with E-state index in [1.54, 1.807) is 0 Å². The summed E-state index contributed by atoms with van der Waals surface area (Å²) in [5, 5.41) is 7.86. The van der Waals surface area contributed by atoms with Crippen molar-refractivity contribution in [2.24, 2.45) is 0 Å². The Morgan fingerprint density at radius 2 is 1.85 bits per heavy atom. The normalized spacial score (nSPS) is 12.7. The zero-order chi connectivity index (χ0) is 14.5. The molecule has 20 heavy (non-hydrogen) atoms. The molecule has 1 atom stereocenters. The van der Waals surface area contributed by atoms with Gasteiger partial charge < -0.3 is 5.32 Å². The molecule has 0 saturated heterocycles. The molecule has 1 heterocycles. The number of nitrogens with zero attached hydrogens (tertiary/aromatic N) is 2. The van der Waals surface area contributed by atoms with Gasteiger partial charge in [-0.3, -0.25) is 4.68 Å². The summed E-state index contributed by atoms with van der Waals surface area (Å²) in [6, 6.07) is 9.58. The van der Waals surface area contributed by atoms with Crippen LogP contribution in [-0.2, 0) is 6.42 Å². The third kappa shape index (κ3) is 3.62. The van der Waals surface area contributed by atoms with Gasteiger partial charge in [-0.1, -0.05) is 37.6 Å². The van der Waals surface area contributed by atoms with Crippen molar-refractivity contribution in [1.29, 1.82) is 0 Å². The predicted octanol–water partition coefficient (Wildman–Crippen LogP) is 4.59. The Kier molecular flexibility index (Phi) is 4.83.